The Morgan fingerprint density at radius 1 is 1.12 bits per heavy atom. The van der Waals surface area contributed by atoms with Crippen LogP contribution in [0.5, 0.6) is 0 Å². The van der Waals surface area contributed by atoms with Crippen LogP contribution in [0, 0.1) is 5.41 Å². The molecule has 0 aromatic carbocycles. The molecule has 2 unspecified atom stereocenters. The predicted octanol–water partition coefficient (Wildman–Crippen LogP) is 3.16. The predicted molar refractivity (Wildman–Crippen MR) is 74.1 cm³/mol. The van der Waals surface area contributed by atoms with Gasteiger partial charge in [0.05, 0.1) is 0 Å². The molecule has 17 heavy (non-hydrogen) atoms. The van der Waals surface area contributed by atoms with Gasteiger partial charge in [0.2, 0.25) is 0 Å². The maximum atomic E-state index is 6.39. The number of likely N-dealkylation sites (tertiary alicyclic amines) is 1. The molecule has 0 aromatic heterocycles. The highest BCUT2D eigenvalue weighted by Crippen LogP contribution is 2.39. The molecule has 1 saturated heterocycles. The molecule has 0 bridgehead atoms. The van der Waals surface area contributed by atoms with E-state index in [0.717, 1.165) is 0 Å². The molecule has 2 fully saturated rings. The van der Waals surface area contributed by atoms with Gasteiger partial charge in [-0.25, -0.2) is 0 Å². The van der Waals surface area contributed by atoms with E-state index >= 15 is 0 Å². The van der Waals surface area contributed by atoms with E-state index in [-0.39, 0.29) is 0 Å². The lowest BCUT2D eigenvalue weighted by atomic mass is 9.82. The van der Waals surface area contributed by atoms with E-state index in [1.54, 1.807) is 0 Å². The second kappa shape index (κ2) is 5.71. The third kappa shape index (κ3) is 2.85. The first-order valence-corrected chi connectivity index (χ1v) is 7.70. The highest BCUT2D eigenvalue weighted by atomic mass is 15.2. The molecule has 1 heterocycles. The van der Waals surface area contributed by atoms with Crippen molar-refractivity contribution >= 4 is 0 Å². The smallest absolute Gasteiger partial charge is 0.0247 e. The molecule has 1 aliphatic carbocycles. The molecule has 0 aromatic rings. The van der Waals surface area contributed by atoms with Gasteiger partial charge in [-0.1, -0.05) is 33.1 Å². The van der Waals surface area contributed by atoms with Crippen LogP contribution in [-0.4, -0.2) is 30.1 Å². The number of hydrogen-bond acceptors (Lipinski definition) is 2. The summed E-state index contributed by atoms with van der Waals surface area (Å²) in [7, 11) is 0. The molecule has 0 spiro atoms. The topological polar surface area (TPSA) is 29.3 Å². The lowest BCUT2D eigenvalue weighted by molar-refractivity contribution is 0.166. The number of nitrogens with zero attached hydrogens (tertiary/aromatic N) is 1. The third-order valence-corrected chi connectivity index (χ3v) is 5.47. The SMILES string of the molecule is CCC1(CC)CCN(C2CCCCCC2N)C1. The summed E-state index contributed by atoms with van der Waals surface area (Å²) in [6.07, 6.45) is 10.8. The van der Waals surface area contributed by atoms with Crippen molar-refractivity contribution < 1.29 is 0 Å². The summed E-state index contributed by atoms with van der Waals surface area (Å²) >= 11 is 0. The minimum Gasteiger partial charge on any atom is -0.326 e. The van der Waals surface area contributed by atoms with Crippen LogP contribution in [-0.2, 0) is 0 Å². The van der Waals surface area contributed by atoms with E-state index < -0.39 is 0 Å². The quantitative estimate of drug-likeness (QED) is 0.765. The fourth-order valence-electron chi connectivity index (χ4n) is 3.85. The summed E-state index contributed by atoms with van der Waals surface area (Å²) in [5.41, 5.74) is 6.99. The molecule has 2 N–H and O–H groups in total. The first kappa shape index (κ1) is 13.4. The van der Waals surface area contributed by atoms with Gasteiger partial charge >= 0.3 is 0 Å². The van der Waals surface area contributed by atoms with Gasteiger partial charge in [0.1, 0.15) is 0 Å². The summed E-state index contributed by atoms with van der Waals surface area (Å²) in [5, 5.41) is 0. The maximum Gasteiger partial charge on any atom is 0.0247 e. The molecular formula is C15H30N2. The number of rotatable bonds is 3. The Hall–Kier alpha value is -0.0800. The van der Waals surface area contributed by atoms with Crippen LogP contribution >= 0.6 is 0 Å². The Kier molecular flexibility index (Phi) is 4.48. The highest BCUT2D eigenvalue weighted by Gasteiger charge is 2.39. The second-order valence-corrected chi connectivity index (χ2v) is 6.30. The van der Waals surface area contributed by atoms with Crippen molar-refractivity contribution in [2.24, 2.45) is 11.1 Å². The summed E-state index contributed by atoms with van der Waals surface area (Å²) in [5.74, 6) is 0. The van der Waals surface area contributed by atoms with Crippen LogP contribution in [0.4, 0.5) is 0 Å². The van der Waals surface area contributed by atoms with Crippen molar-refractivity contribution in [3.8, 4) is 0 Å². The van der Waals surface area contributed by atoms with E-state index in [2.05, 4.69) is 18.7 Å². The largest absolute Gasteiger partial charge is 0.326 e. The summed E-state index contributed by atoms with van der Waals surface area (Å²) in [4.78, 5) is 2.73. The van der Waals surface area contributed by atoms with Crippen molar-refractivity contribution in [2.75, 3.05) is 13.1 Å². The van der Waals surface area contributed by atoms with Crippen LogP contribution in [0.15, 0.2) is 0 Å². The average molecular weight is 238 g/mol. The zero-order valence-electron chi connectivity index (χ0n) is 11.8. The lowest BCUT2D eigenvalue weighted by Crippen LogP contribution is -2.46. The van der Waals surface area contributed by atoms with Crippen molar-refractivity contribution in [1.82, 2.24) is 4.90 Å². The summed E-state index contributed by atoms with van der Waals surface area (Å²) in [6.45, 7) is 7.32. The van der Waals surface area contributed by atoms with E-state index in [1.165, 1.54) is 64.5 Å². The van der Waals surface area contributed by atoms with Crippen LogP contribution < -0.4 is 5.73 Å². The fourth-order valence-corrected chi connectivity index (χ4v) is 3.85. The van der Waals surface area contributed by atoms with Gasteiger partial charge in [-0.05, 0) is 44.1 Å². The zero-order chi connectivity index (χ0) is 12.3. The monoisotopic (exact) mass is 238 g/mol. The van der Waals surface area contributed by atoms with Gasteiger partial charge in [-0.2, -0.15) is 0 Å². The van der Waals surface area contributed by atoms with Crippen molar-refractivity contribution in [2.45, 2.75) is 77.3 Å². The van der Waals surface area contributed by atoms with Gasteiger partial charge < -0.3 is 5.73 Å². The van der Waals surface area contributed by atoms with Gasteiger partial charge in [0.25, 0.3) is 0 Å². The van der Waals surface area contributed by atoms with E-state index in [9.17, 15) is 0 Å². The average Bonchev–Trinajstić information content (AvgIpc) is 2.67. The second-order valence-electron chi connectivity index (χ2n) is 6.30. The Bertz CT molecular complexity index is 235. The number of nitrogens with two attached hydrogens (primary N) is 1. The standard InChI is InChI=1S/C15H30N2/c1-3-15(4-2)10-11-17(12-15)14-9-7-5-6-8-13(14)16/h13-14H,3-12,16H2,1-2H3. The van der Waals surface area contributed by atoms with Crippen molar-refractivity contribution in [1.29, 1.82) is 0 Å². The fraction of sp³-hybridized carbons (Fsp3) is 1.00. The molecule has 2 aliphatic rings. The molecule has 2 heteroatoms. The summed E-state index contributed by atoms with van der Waals surface area (Å²) in [6, 6.07) is 1.11. The molecular weight excluding hydrogens is 208 g/mol. The zero-order valence-corrected chi connectivity index (χ0v) is 11.8. The normalized spacial score (nSPS) is 34.8. The Morgan fingerprint density at radius 2 is 1.82 bits per heavy atom. The first-order chi connectivity index (χ1) is 8.21. The first-order valence-electron chi connectivity index (χ1n) is 7.70. The van der Waals surface area contributed by atoms with Gasteiger partial charge in [-0.15, -0.1) is 0 Å². The Labute approximate surface area is 107 Å². The molecule has 2 atom stereocenters. The molecule has 2 rings (SSSR count). The molecule has 1 saturated carbocycles. The van der Waals surface area contributed by atoms with Gasteiger partial charge in [0.15, 0.2) is 0 Å². The van der Waals surface area contributed by atoms with Crippen molar-refractivity contribution in [3.63, 3.8) is 0 Å². The lowest BCUT2D eigenvalue weighted by Gasteiger charge is -2.33. The molecule has 100 valence electrons. The molecule has 0 amide bonds. The molecule has 0 radical (unpaired) electrons. The minimum absolute atomic E-state index is 0.432. The van der Waals surface area contributed by atoms with E-state index in [1.807, 2.05) is 0 Å². The Balaban J connectivity index is 1.98. The minimum atomic E-state index is 0.432. The maximum absolute atomic E-state index is 6.39. The molecule has 2 nitrogen and oxygen atoms in total. The van der Waals surface area contributed by atoms with E-state index in [0.29, 0.717) is 17.5 Å². The number of hydrogen-bond donors (Lipinski definition) is 1. The molecule has 1 aliphatic heterocycles. The van der Waals surface area contributed by atoms with Crippen molar-refractivity contribution in [3.05, 3.63) is 0 Å². The summed E-state index contributed by atoms with van der Waals surface area (Å²) < 4.78 is 0. The van der Waals surface area contributed by atoms with Gasteiger partial charge in [0, 0.05) is 18.6 Å². The third-order valence-electron chi connectivity index (χ3n) is 5.47. The van der Waals surface area contributed by atoms with Crippen LogP contribution in [0.3, 0.4) is 0 Å². The van der Waals surface area contributed by atoms with Crippen LogP contribution in [0.1, 0.15) is 65.2 Å². The van der Waals surface area contributed by atoms with Crippen LogP contribution in [0.25, 0.3) is 0 Å². The van der Waals surface area contributed by atoms with Crippen LogP contribution in [0.2, 0.25) is 0 Å². The van der Waals surface area contributed by atoms with E-state index in [4.69, 9.17) is 5.73 Å². The van der Waals surface area contributed by atoms with Gasteiger partial charge in [-0.3, -0.25) is 4.90 Å². The Morgan fingerprint density at radius 3 is 2.47 bits per heavy atom. The highest BCUT2D eigenvalue weighted by molar-refractivity contribution is 4.94.